The summed E-state index contributed by atoms with van der Waals surface area (Å²) in [6, 6.07) is 3.80. The molecule has 1 heterocycles. The van der Waals surface area contributed by atoms with E-state index in [1.54, 1.807) is 6.07 Å². The van der Waals surface area contributed by atoms with Gasteiger partial charge in [-0.15, -0.1) is 0 Å². The quantitative estimate of drug-likeness (QED) is 0.746. The molecule has 2 rings (SSSR count). The van der Waals surface area contributed by atoms with Crippen LogP contribution in [0.25, 0.3) is 10.9 Å². The van der Waals surface area contributed by atoms with E-state index in [-0.39, 0.29) is 0 Å². The van der Waals surface area contributed by atoms with Crippen LogP contribution in [0.15, 0.2) is 12.1 Å². The van der Waals surface area contributed by atoms with Gasteiger partial charge in [-0.25, -0.2) is 0 Å². The number of fused-ring (bicyclic) bond motifs is 1. The van der Waals surface area contributed by atoms with Gasteiger partial charge in [0.25, 0.3) is 0 Å². The minimum Gasteiger partial charge on any atom is -0.508 e. The highest BCUT2D eigenvalue weighted by atomic mass is 16.3. The Bertz CT molecular complexity index is 526. The first-order valence-corrected chi connectivity index (χ1v) is 5.03. The first-order valence-electron chi connectivity index (χ1n) is 5.03. The lowest BCUT2D eigenvalue weighted by molar-refractivity contribution is 0.472. The van der Waals surface area contributed by atoms with Gasteiger partial charge in [0.05, 0.1) is 0 Å². The van der Waals surface area contributed by atoms with Gasteiger partial charge in [0.15, 0.2) is 0 Å². The molecule has 0 amide bonds. The number of hydrogen-bond donors (Lipinski definition) is 2. The summed E-state index contributed by atoms with van der Waals surface area (Å²) >= 11 is 0. The molecule has 0 unspecified atom stereocenters. The maximum atomic E-state index is 9.69. The van der Waals surface area contributed by atoms with Gasteiger partial charge >= 0.3 is 0 Å². The molecule has 3 heteroatoms. The van der Waals surface area contributed by atoms with Gasteiger partial charge in [0.2, 0.25) is 0 Å². The normalized spacial score (nSPS) is 11.2. The second-order valence-electron chi connectivity index (χ2n) is 3.98. The molecule has 0 radical (unpaired) electrons. The number of nitrogens with zero attached hydrogens (tertiary/aromatic N) is 1. The molecule has 0 spiro atoms. The number of aryl methyl sites for hydroxylation is 2. The number of benzene rings is 1. The van der Waals surface area contributed by atoms with Crippen LogP contribution >= 0.6 is 0 Å². The van der Waals surface area contributed by atoms with Crippen LogP contribution < -0.4 is 5.73 Å². The highest BCUT2D eigenvalue weighted by molar-refractivity contribution is 5.87. The Labute approximate surface area is 89.1 Å². The topological polar surface area (TPSA) is 51.2 Å². The van der Waals surface area contributed by atoms with Crippen molar-refractivity contribution in [2.75, 3.05) is 0 Å². The number of aromatic hydroxyl groups is 1. The van der Waals surface area contributed by atoms with Crippen molar-refractivity contribution in [2.45, 2.75) is 20.4 Å². The highest BCUT2D eigenvalue weighted by Crippen LogP contribution is 2.30. The van der Waals surface area contributed by atoms with Crippen molar-refractivity contribution in [1.82, 2.24) is 4.57 Å². The minimum absolute atomic E-state index is 0.336. The molecular formula is C12H16N2O. The maximum Gasteiger partial charge on any atom is 0.119 e. The fraction of sp³-hybridized carbons (Fsp3) is 0.333. The summed E-state index contributed by atoms with van der Waals surface area (Å²) in [5, 5.41) is 10.7. The fourth-order valence-corrected chi connectivity index (χ4v) is 2.04. The number of phenols is 1. The van der Waals surface area contributed by atoms with Crippen molar-refractivity contribution in [1.29, 1.82) is 0 Å². The zero-order valence-electron chi connectivity index (χ0n) is 9.33. The predicted molar refractivity (Wildman–Crippen MR) is 61.9 cm³/mol. The SMILES string of the molecule is Cc1cc2c(cc1O)c(CN)c(C)n2C. The second kappa shape index (κ2) is 3.28. The van der Waals surface area contributed by atoms with Gasteiger partial charge in [0, 0.05) is 30.2 Å². The van der Waals surface area contributed by atoms with Gasteiger partial charge in [-0.3, -0.25) is 0 Å². The van der Waals surface area contributed by atoms with Gasteiger partial charge in [0.1, 0.15) is 5.75 Å². The molecule has 1 aromatic heterocycles. The third-order valence-electron chi connectivity index (χ3n) is 3.14. The van der Waals surface area contributed by atoms with E-state index in [1.807, 2.05) is 20.0 Å². The Morgan fingerprint density at radius 2 is 2.00 bits per heavy atom. The lowest BCUT2D eigenvalue weighted by Gasteiger charge is -2.01. The molecule has 0 fully saturated rings. The molecule has 0 aliphatic heterocycles. The number of hydrogen-bond acceptors (Lipinski definition) is 2. The minimum atomic E-state index is 0.336. The Balaban J connectivity index is 2.91. The Morgan fingerprint density at radius 1 is 1.33 bits per heavy atom. The van der Waals surface area contributed by atoms with Crippen LogP contribution in [0.3, 0.4) is 0 Å². The fourth-order valence-electron chi connectivity index (χ4n) is 2.04. The average Bonchev–Trinajstić information content (AvgIpc) is 2.42. The standard InChI is InChI=1S/C12H16N2O/c1-7-4-11-9(5-12(7)15)10(6-13)8(2)14(11)3/h4-5,15H,6,13H2,1-3H3. The van der Waals surface area contributed by atoms with E-state index in [2.05, 4.69) is 11.5 Å². The molecule has 3 N–H and O–H groups in total. The summed E-state index contributed by atoms with van der Waals surface area (Å²) in [6.45, 7) is 4.46. The molecule has 80 valence electrons. The summed E-state index contributed by atoms with van der Waals surface area (Å²) in [7, 11) is 2.02. The summed E-state index contributed by atoms with van der Waals surface area (Å²) in [4.78, 5) is 0. The molecular weight excluding hydrogens is 188 g/mol. The average molecular weight is 204 g/mol. The maximum absolute atomic E-state index is 9.69. The van der Waals surface area contributed by atoms with Gasteiger partial charge in [-0.1, -0.05) is 0 Å². The van der Waals surface area contributed by atoms with E-state index in [1.165, 1.54) is 0 Å². The summed E-state index contributed by atoms with van der Waals surface area (Å²) in [5.41, 5.74) is 10.0. The smallest absolute Gasteiger partial charge is 0.119 e. The monoisotopic (exact) mass is 204 g/mol. The van der Waals surface area contributed by atoms with E-state index in [0.29, 0.717) is 12.3 Å². The first kappa shape index (κ1) is 10.1. The van der Waals surface area contributed by atoms with E-state index in [4.69, 9.17) is 5.73 Å². The zero-order chi connectivity index (χ0) is 11.2. The third-order valence-corrected chi connectivity index (χ3v) is 3.14. The van der Waals surface area contributed by atoms with Crippen molar-refractivity contribution in [3.05, 3.63) is 29.0 Å². The van der Waals surface area contributed by atoms with Gasteiger partial charge in [-0.05, 0) is 37.1 Å². The molecule has 0 atom stereocenters. The lowest BCUT2D eigenvalue weighted by Crippen LogP contribution is -1.98. The van der Waals surface area contributed by atoms with Crippen molar-refractivity contribution in [3.63, 3.8) is 0 Å². The van der Waals surface area contributed by atoms with E-state index in [9.17, 15) is 5.11 Å². The number of rotatable bonds is 1. The summed E-state index contributed by atoms with van der Waals surface area (Å²) in [6.07, 6.45) is 0. The number of aromatic nitrogens is 1. The van der Waals surface area contributed by atoms with Crippen LogP contribution in [0.5, 0.6) is 5.75 Å². The number of phenolic OH excluding ortho intramolecular Hbond substituents is 1. The van der Waals surface area contributed by atoms with E-state index >= 15 is 0 Å². The van der Waals surface area contributed by atoms with Gasteiger partial charge in [-0.2, -0.15) is 0 Å². The van der Waals surface area contributed by atoms with Gasteiger partial charge < -0.3 is 15.4 Å². The van der Waals surface area contributed by atoms with Crippen LogP contribution in [-0.4, -0.2) is 9.67 Å². The predicted octanol–water partition coefficient (Wildman–Crippen LogP) is 1.96. The molecule has 0 saturated carbocycles. The molecule has 0 aliphatic carbocycles. The van der Waals surface area contributed by atoms with Crippen molar-refractivity contribution >= 4 is 10.9 Å². The summed E-state index contributed by atoms with van der Waals surface area (Å²) < 4.78 is 2.12. The van der Waals surface area contributed by atoms with Crippen LogP contribution in [0.4, 0.5) is 0 Å². The Hall–Kier alpha value is -1.48. The van der Waals surface area contributed by atoms with Crippen molar-refractivity contribution in [2.24, 2.45) is 12.8 Å². The molecule has 15 heavy (non-hydrogen) atoms. The summed E-state index contributed by atoms with van der Waals surface area (Å²) in [5.74, 6) is 0.336. The second-order valence-corrected chi connectivity index (χ2v) is 3.98. The largest absolute Gasteiger partial charge is 0.508 e. The Morgan fingerprint density at radius 3 is 2.60 bits per heavy atom. The number of nitrogens with two attached hydrogens (primary N) is 1. The first-order chi connectivity index (χ1) is 7.06. The van der Waals surface area contributed by atoms with Crippen LogP contribution in [0.2, 0.25) is 0 Å². The Kier molecular flexibility index (Phi) is 2.20. The highest BCUT2D eigenvalue weighted by Gasteiger charge is 2.12. The van der Waals surface area contributed by atoms with Crippen LogP contribution in [0, 0.1) is 13.8 Å². The molecule has 2 aromatic rings. The molecule has 0 bridgehead atoms. The molecule has 0 aliphatic rings. The molecule has 3 nitrogen and oxygen atoms in total. The van der Waals surface area contributed by atoms with Crippen LogP contribution in [0.1, 0.15) is 16.8 Å². The molecule has 0 saturated heterocycles. The van der Waals surface area contributed by atoms with Crippen molar-refractivity contribution < 1.29 is 5.11 Å². The lowest BCUT2D eigenvalue weighted by atomic mass is 10.1. The third kappa shape index (κ3) is 1.31. The molecule has 1 aromatic carbocycles. The van der Waals surface area contributed by atoms with Crippen LogP contribution in [-0.2, 0) is 13.6 Å². The van der Waals surface area contributed by atoms with Crippen molar-refractivity contribution in [3.8, 4) is 5.75 Å². The zero-order valence-corrected chi connectivity index (χ0v) is 9.33. The van der Waals surface area contributed by atoms with E-state index < -0.39 is 0 Å². The van der Waals surface area contributed by atoms with E-state index in [0.717, 1.165) is 27.7 Å².